The molecule has 0 saturated carbocycles. The lowest BCUT2D eigenvalue weighted by atomic mass is 9.98. The lowest BCUT2D eigenvalue weighted by molar-refractivity contribution is 0.0730. The zero-order chi connectivity index (χ0) is 34.6. The van der Waals surface area contributed by atoms with Gasteiger partial charge in [-0.1, -0.05) is 91.9 Å². The topological polar surface area (TPSA) is 94.8 Å². The summed E-state index contributed by atoms with van der Waals surface area (Å²) in [5, 5.41) is 9.65. The first-order valence-corrected chi connectivity index (χ1v) is 17.7. The van der Waals surface area contributed by atoms with E-state index in [9.17, 15) is 14.9 Å². The zero-order valence-corrected chi connectivity index (χ0v) is 29.3. The van der Waals surface area contributed by atoms with Crippen molar-refractivity contribution in [3.63, 3.8) is 0 Å². The van der Waals surface area contributed by atoms with Gasteiger partial charge in [-0.05, 0) is 91.4 Å². The SMILES string of the molecule is CCCCCCCCCCOc1ccc(OC(=O)c2ccc(OC(=O)c3ccc(OCC[C@@H](C)CCCC(C)C)c(C#N)c3)cc2)cc1. The number of nitriles is 1. The predicted molar refractivity (Wildman–Crippen MR) is 190 cm³/mol. The van der Waals surface area contributed by atoms with Gasteiger partial charge in [0.25, 0.3) is 0 Å². The Hall–Kier alpha value is -4.31. The third-order valence-electron chi connectivity index (χ3n) is 8.28. The third kappa shape index (κ3) is 14.2. The molecule has 0 aromatic heterocycles. The number of esters is 2. The van der Waals surface area contributed by atoms with Gasteiger partial charge in [-0.15, -0.1) is 0 Å². The third-order valence-corrected chi connectivity index (χ3v) is 8.28. The van der Waals surface area contributed by atoms with Crippen molar-refractivity contribution in [2.45, 2.75) is 105 Å². The summed E-state index contributed by atoms with van der Waals surface area (Å²) in [6.45, 7) is 10.1. The fourth-order valence-electron chi connectivity index (χ4n) is 5.28. The summed E-state index contributed by atoms with van der Waals surface area (Å²) < 4.78 is 22.7. The van der Waals surface area contributed by atoms with Gasteiger partial charge < -0.3 is 18.9 Å². The first-order chi connectivity index (χ1) is 23.3. The van der Waals surface area contributed by atoms with Gasteiger partial charge in [-0.3, -0.25) is 0 Å². The summed E-state index contributed by atoms with van der Waals surface area (Å²) in [5.41, 5.74) is 0.820. The van der Waals surface area contributed by atoms with Crippen LogP contribution in [0.25, 0.3) is 0 Å². The van der Waals surface area contributed by atoms with Crippen LogP contribution in [0.2, 0.25) is 0 Å². The minimum Gasteiger partial charge on any atom is -0.494 e. The molecule has 0 heterocycles. The quantitative estimate of drug-likeness (QED) is 0.0604. The molecule has 0 bridgehead atoms. The minimum atomic E-state index is -0.614. The average Bonchev–Trinajstić information content (AvgIpc) is 3.08. The van der Waals surface area contributed by atoms with Crippen LogP contribution in [0.3, 0.4) is 0 Å². The van der Waals surface area contributed by atoms with Gasteiger partial charge in [-0.25, -0.2) is 9.59 Å². The van der Waals surface area contributed by atoms with Crippen molar-refractivity contribution in [2.75, 3.05) is 13.2 Å². The maximum Gasteiger partial charge on any atom is 0.343 e. The average molecular weight is 656 g/mol. The molecular weight excluding hydrogens is 602 g/mol. The molecule has 258 valence electrons. The molecule has 3 aromatic carbocycles. The zero-order valence-electron chi connectivity index (χ0n) is 29.3. The number of nitrogens with zero attached hydrogens (tertiary/aromatic N) is 1. The molecule has 0 aliphatic rings. The Morgan fingerprint density at radius 3 is 1.81 bits per heavy atom. The molecule has 0 spiro atoms. The van der Waals surface area contributed by atoms with E-state index in [4.69, 9.17) is 18.9 Å². The summed E-state index contributed by atoms with van der Waals surface area (Å²) >= 11 is 0. The fraction of sp³-hybridized carbons (Fsp3) is 0.488. The van der Waals surface area contributed by atoms with E-state index in [1.807, 2.05) is 0 Å². The highest BCUT2D eigenvalue weighted by Gasteiger charge is 2.15. The van der Waals surface area contributed by atoms with Crippen LogP contribution in [0.1, 0.15) is 131 Å². The van der Waals surface area contributed by atoms with Crippen molar-refractivity contribution < 1.29 is 28.5 Å². The Bertz CT molecular complexity index is 1420. The van der Waals surface area contributed by atoms with E-state index in [0.29, 0.717) is 42.1 Å². The maximum absolute atomic E-state index is 12.8. The number of benzene rings is 3. The van der Waals surface area contributed by atoms with Crippen molar-refractivity contribution in [3.05, 3.63) is 83.4 Å². The molecule has 0 saturated heterocycles. The number of ether oxygens (including phenoxy) is 4. The first kappa shape index (κ1) is 38.1. The molecule has 0 amide bonds. The van der Waals surface area contributed by atoms with Gasteiger partial charge in [0.05, 0.1) is 29.9 Å². The Labute approximate surface area is 287 Å². The van der Waals surface area contributed by atoms with Gasteiger partial charge in [-0.2, -0.15) is 5.26 Å². The largest absolute Gasteiger partial charge is 0.494 e. The van der Waals surface area contributed by atoms with E-state index < -0.39 is 11.9 Å². The second-order valence-corrected chi connectivity index (χ2v) is 13.0. The summed E-state index contributed by atoms with van der Waals surface area (Å²) in [7, 11) is 0. The van der Waals surface area contributed by atoms with Crippen molar-refractivity contribution >= 4 is 11.9 Å². The van der Waals surface area contributed by atoms with Crippen molar-refractivity contribution in [3.8, 4) is 29.1 Å². The molecule has 0 aliphatic carbocycles. The van der Waals surface area contributed by atoms with Crippen LogP contribution in [0.5, 0.6) is 23.0 Å². The van der Waals surface area contributed by atoms with Crippen LogP contribution in [0.15, 0.2) is 66.7 Å². The molecule has 1 atom stereocenters. The standard InChI is InChI=1S/C41H53NO6/c1-5-6-7-8-9-10-11-12-27-45-36-21-23-38(24-22-36)47-40(43)33-16-19-37(20-17-33)48-41(44)34-18-25-39(35(29-34)30-42)46-28-26-32(4)15-13-14-31(2)3/h16-25,29,31-32H,5-15,26-28H2,1-4H3/t32-/m0/s1. The molecule has 0 fully saturated rings. The highest BCUT2D eigenvalue weighted by molar-refractivity contribution is 5.93. The van der Waals surface area contributed by atoms with Gasteiger partial charge in [0.15, 0.2) is 0 Å². The molecule has 7 nitrogen and oxygen atoms in total. The van der Waals surface area contributed by atoms with Gasteiger partial charge in [0.2, 0.25) is 0 Å². The number of hydrogen-bond acceptors (Lipinski definition) is 7. The van der Waals surface area contributed by atoms with Crippen LogP contribution < -0.4 is 18.9 Å². The number of rotatable bonds is 22. The van der Waals surface area contributed by atoms with E-state index in [2.05, 4.69) is 33.8 Å². The van der Waals surface area contributed by atoms with Crippen LogP contribution in [-0.2, 0) is 0 Å². The molecule has 48 heavy (non-hydrogen) atoms. The lowest BCUT2D eigenvalue weighted by Crippen LogP contribution is -2.11. The molecular formula is C41H53NO6. The summed E-state index contributed by atoms with van der Waals surface area (Å²) in [4.78, 5) is 25.5. The molecule has 0 N–H and O–H groups in total. The Morgan fingerprint density at radius 2 is 1.19 bits per heavy atom. The molecule has 0 aliphatic heterocycles. The number of carbonyl (C=O) groups is 2. The number of hydrogen-bond donors (Lipinski definition) is 0. The van der Waals surface area contributed by atoms with E-state index in [1.54, 1.807) is 36.4 Å². The predicted octanol–water partition coefficient (Wildman–Crippen LogP) is 10.7. The van der Waals surface area contributed by atoms with E-state index in [1.165, 1.54) is 88.1 Å². The van der Waals surface area contributed by atoms with E-state index in [0.717, 1.165) is 25.0 Å². The van der Waals surface area contributed by atoms with E-state index >= 15 is 0 Å². The normalized spacial score (nSPS) is 11.5. The van der Waals surface area contributed by atoms with Gasteiger partial charge in [0.1, 0.15) is 29.1 Å². The van der Waals surface area contributed by atoms with Crippen LogP contribution in [0, 0.1) is 23.2 Å². The Morgan fingerprint density at radius 1 is 0.625 bits per heavy atom. The summed E-state index contributed by atoms with van der Waals surface area (Å²) in [6, 6.07) is 19.9. The molecule has 7 heteroatoms. The van der Waals surface area contributed by atoms with E-state index in [-0.39, 0.29) is 16.9 Å². The first-order valence-electron chi connectivity index (χ1n) is 17.7. The molecule has 0 radical (unpaired) electrons. The summed E-state index contributed by atoms with van der Waals surface area (Å²) in [6.07, 6.45) is 14.5. The van der Waals surface area contributed by atoms with Gasteiger partial charge in [0, 0.05) is 0 Å². The minimum absolute atomic E-state index is 0.231. The smallest absolute Gasteiger partial charge is 0.343 e. The summed E-state index contributed by atoms with van der Waals surface area (Å²) in [5.74, 6) is 1.97. The maximum atomic E-state index is 12.8. The van der Waals surface area contributed by atoms with Crippen LogP contribution >= 0.6 is 0 Å². The second-order valence-electron chi connectivity index (χ2n) is 13.0. The van der Waals surface area contributed by atoms with Gasteiger partial charge >= 0.3 is 11.9 Å². The number of unbranched alkanes of at least 4 members (excludes halogenated alkanes) is 7. The molecule has 3 aromatic rings. The monoisotopic (exact) mass is 655 g/mol. The Kier molecular flexibility index (Phi) is 17.1. The van der Waals surface area contributed by atoms with Crippen molar-refractivity contribution in [2.24, 2.45) is 11.8 Å². The number of carbonyl (C=O) groups excluding carboxylic acids is 2. The van der Waals surface area contributed by atoms with Crippen LogP contribution in [-0.4, -0.2) is 25.2 Å². The van der Waals surface area contributed by atoms with Crippen molar-refractivity contribution in [1.82, 2.24) is 0 Å². The fourth-order valence-corrected chi connectivity index (χ4v) is 5.28. The molecule has 0 unspecified atom stereocenters. The van der Waals surface area contributed by atoms with Crippen LogP contribution in [0.4, 0.5) is 0 Å². The molecule has 3 rings (SSSR count). The lowest BCUT2D eigenvalue weighted by Gasteiger charge is -2.14. The highest BCUT2D eigenvalue weighted by atomic mass is 16.5. The van der Waals surface area contributed by atoms with Crippen molar-refractivity contribution in [1.29, 1.82) is 5.26 Å². The Balaban J connectivity index is 1.41. The highest BCUT2D eigenvalue weighted by Crippen LogP contribution is 2.24. The second kappa shape index (κ2) is 21.5.